The van der Waals surface area contributed by atoms with E-state index in [2.05, 4.69) is 5.32 Å². The molecule has 0 heterocycles. The number of carboxylic acid groups (broad SMARTS) is 1. The van der Waals surface area contributed by atoms with Crippen molar-refractivity contribution < 1.29 is 9.90 Å². The molecular formula is C7H14NNaO2. The zero-order valence-electron chi connectivity index (χ0n) is 6.13. The molecule has 11 heavy (non-hydrogen) atoms. The van der Waals surface area contributed by atoms with Crippen LogP contribution in [0.25, 0.3) is 0 Å². The Labute approximate surface area is 88.8 Å². The molecule has 0 aromatic heterocycles. The Morgan fingerprint density at radius 3 is 2.55 bits per heavy atom. The molecule has 2 N–H and O–H groups in total. The summed E-state index contributed by atoms with van der Waals surface area (Å²) in [6.07, 6.45) is 2.96. The average Bonchev–Trinajstić information content (AvgIpc) is 2.64. The first-order valence-electron chi connectivity index (χ1n) is 3.73. The minimum atomic E-state index is -0.727. The summed E-state index contributed by atoms with van der Waals surface area (Å²) in [4.78, 5) is 10.4. The molecule has 1 aliphatic rings. The maximum atomic E-state index is 10.4. The maximum absolute atomic E-state index is 10.4. The molecule has 0 aliphatic heterocycles. The summed E-state index contributed by atoms with van der Waals surface area (Å²) < 4.78 is 0. The molecule has 0 aromatic carbocycles. The molecule has 1 fully saturated rings. The predicted molar refractivity (Wildman–Crippen MR) is 45.0 cm³/mol. The van der Waals surface area contributed by atoms with Crippen molar-refractivity contribution in [3.8, 4) is 0 Å². The Morgan fingerprint density at radius 2 is 2.27 bits per heavy atom. The number of hydrogen-bond donors (Lipinski definition) is 2. The number of rotatable bonds is 4. The van der Waals surface area contributed by atoms with Crippen molar-refractivity contribution in [2.45, 2.75) is 38.3 Å². The van der Waals surface area contributed by atoms with Gasteiger partial charge in [0.25, 0.3) is 0 Å². The second-order valence-electron chi connectivity index (χ2n) is 2.74. The Balaban J connectivity index is 0.000001000. The van der Waals surface area contributed by atoms with Gasteiger partial charge in [0, 0.05) is 6.04 Å². The van der Waals surface area contributed by atoms with Gasteiger partial charge in [0.15, 0.2) is 0 Å². The van der Waals surface area contributed by atoms with Gasteiger partial charge in [-0.15, -0.1) is 0 Å². The minimum absolute atomic E-state index is 0. The zero-order valence-corrected chi connectivity index (χ0v) is 6.13. The topological polar surface area (TPSA) is 49.3 Å². The summed E-state index contributed by atoms with van der Waals surface area (Å²) in [6.45, 7) is 1.88. The number of nitrogens with one attached hydrogen (secondary N) is 1. The van der Waals surface area contributed by atoms with Crippen molar-refractivity contribution in [1.82, 2.24) is 5.32 Å². The van der Waals surface area contributed by atoms with E-state index in [4.69, 9.17) is 5.11 Å². The van der Waals surface area contributed by atoms with E-state index in [1.165, 1.54) is 0 Å². The molecule has 0 aromatic rings. The molecule has 1 saturated carbocycles. The van der Waals surface area contributed by atoms with Gasteiger partial charge in [-0.05, 0) is 19.3 Å². The van der Waals surface area contributed by atoms with E-state index in [-0.39, 0.29) is 35.6 Å². The molecule has 0 radical (unpaired) electrons. The molecule has 4 heteroatoms. The van der Waals surface area contributed by atoms with Crippen molar-refractivity contribution in [2.24, 2.45) is 0 Å². The van der Waals surface area contributed by atoms with Gasteiger partial charge in [-0.25, -0.2) is 0 Å². The third-order valence-electron chi connectivity index (χ3n) is 1.72. The first-order valence-corrected chi connectivity index (χ1v) is 3.73. The second kappa shape index (κ2) is 5.14. The number of aliphatic carboxylic acids is 1. The summed E-state index contributed by atoms with van der Waals surface area (Å²) >= 11 is 0. The fourth-order valence-electron chi connectivity index (χ4n) is 0.898. The molecule has 0 saturated heterocycles. The average molecular weight is 167 g/mol. The summed E-state index contributed by atoms with van der Waals surface area (Å²) in [5.41, 5.74) is 0. The van der Waals surface area contributed by atoms with Gasteiger partial charge in [0.1, 0.15) is 6.04 Å². The van der Waals surface area contributed by atoms with Crippen LogP contribution in [0, 0.1) is 0 Å². The van der Waals surface area contributed by atoms with Gasteiger partial charge in [0.2, 0.25) is 0 Å². The standard InChI is InChI=1S/C7H13NO2.Na.H/c1-2-6(7(9)10)8-5-3-4-5;;/h5-6,8H,2-4H2,1H3,(H,9,10);;. The van der Waals surface area contributed by atoms with Crippen LogP contribution in [0.4, 0.5) is 0 Å². The number of carbonyl (C=O) groups is 1. The Kier molecular flexibility index (Phi) is 5.34. The summed E-state index contributed by atoms with van der Waals surface area (Å²) in [5, 5.41) is 11.6. The Morgan fingerprint density at radius 1 is 1.73 bits per heavy atom. The first-order chi connectivity index (χ1) is 4.74. The Bertz CT molecular complexity index is 136. The van der Waals surface area contributed by atoms with Crippen molar-refractivity contribution in [1.29, 1.82) is 0 Å². The van der Waals surface area contributed by atoms with Crippen molar-refractivity contribution in [3.05, 3.63) is 0 Å². The van der Waals surface area contributed by atoms with Crippen LogP contribution in [0.1, 0.15) is 26.2 Å². The normalized spacial score (nSPS) is 18.6. The van der Waals surface area contributed by atoms with E-state index in [0.29, 0.717) is 12.5 Å². The van der Waals surface area contributed by atoms with Crippen LogP contribution in [0.3, 0.4) is 0 Å². The van der Waals surface area contributed by atoms with Crippen molar-refractivity contribution >= 4 is 35.5 Å². The molecule has 3 nitrogen and oxygen atoms in total. The molecule has 1 rings (SSSR count). The van der Waals surface area contributed by atoms with Gasteiger partial charge >= 0.3 is 35.5 Å². The van der Waals surface area contributed by atoms with Crippen LogP contribution in [0.5, 0.6) is 0 Å². The van der Waals surface area contributed by atoms with Crippen molar-refractivity contribution in [3.63, 3.8) is 0 Å². The predicted octanol–water partition coefficient (Wildman–Crippen LogP) is -0.0469. The fraction of sp³-hybridized carbons (Fsp3) is 0.857. The van der Waals surface area contributed by atoms with Crippen LogP contribution >= 0.6 is 0 Å². The quantitative estimate of drug-likeness (QED) is 0.577. The zero-order chi connectivity index (χ0) is 7.56. The number of hydrogen-bond acceptors (Lipinski definition) is 2. The second-order valence-corrected chi connectivity index (χ2v) is 2.74. The first kappa shape index (κ1) is 11.4. The van der Waals surface area contributed by atoms with Crippen LogP contribution in [-0.4, -0.2) is 52.7 Å². The van der Waals surface area contributed by atoms with Crippen LogP contribution < -0.4 is 5.32 Å². The fourth-order valence-corrected chi connectivity index (χ4v) is 0.898. The summed E-state index contributed by atoms with van der Waals surface area (Å²) in [7, 11) is 0. The van der Waals surface area contributed by atoms with Crippen LogP contribution in [0.15, 0.2) is 0 Å². The molecule has 1 atom stereocenters. The third-order valence-corrected chi connectivity index (χ3v) is 1.72. The van der Waals surface area contributed by atoms with Crippen molar-refractivity contribution in [2.75, 3.05) is 0 Å². The van der Waals surface area contributed by atoms with E-state index < -0.39 is 5.97 Å². The van der Waals surface area contributed by atoms with Gasteiger partial charge in [0.05, 0.1) is 0 Å². The van der Waals surface area contributed by atoms with E-state index in [1.54, 1.807) is 0 Å². The summed E-state index contributed by atoms with van der Waals surface area (Å²) in [5.74, 6) is -0.727. The number of carboxylic acids is 1. The summed E-state index contributed by atoms with van der Waals surface area (Å²) in [6, 6.07) is 0.161. The van der Waals surface area contributed by atoms with Gasteiger partial charge in [-0.1, -0.05) is 6.92 Å². The van der Waals surface area contributed by atoms with E-state index in [9.17, 15) is 4.79 Å². The van der Waals surface area contributed by atoms with Crippen LogP contribution in [0.2, 0.25) is 0 Å². The monoisotopic (exact) mass is 167 g/mol. The molecule has 1 unspecified atom stereocenters. The third kappa shape index (κ3) is 4.11. The molecule has 0 amide bonds. The molecule has 0 bridgehead atoms. The molecule has 1 aliphatic carbocycles. The van der Waals surface area contributed by atoms with Gasteiger partial charge in [-0.3, -0.25) is 4.79 Å². The van der Waals surface area contributed by atoms with Crippen LogP contribution in [-0.2, 0) is 4.79 Å². The Hall–Kier alpha value is 0.430. The molecular weight excluding hydrogens is 153 g/mol. The van der Waals surface area contributed by atoms with E-state index in [1.807, 2.05) is 6.92 Å². The van der Waals surface area contributed by atoms with E-state index in [0.717, 1.165) is 12.8 Å². The van der Waals surface area contributed by atoms with E-state index >= 15 is 0 Å². The van der Waals surface area contributed by atoms with Gasteiger partial charge < -0.3 is 10.4 Å². The molecule has 0 spiro atoms. The van der Waals surface area contributed by atoms with Gasteiger partial charge in [-0.2, -0.15) is 0 Å². The molecule has 60 valence electrons. The SMILES string of the molecule is CCC(NC1CC1)C(=O)O.[NaH].